The first-order valence-corrected chi connectivity index (χ1v) is 12.4. The zero-order valence-corrected chi connectivity index (χ0v) is 20.4. The van der Waals surface area contributed by atoms with Crippen molar-refractivity contribution in [3.63, 3.8) is 0 Å². The van der Waals surface area contributed by atoms with Gasteiger partial charge in [-0.05, 0) is 55.9 Å². The van der Waals surface area contributed by atoms with E-state index in [1.165, 1.54) is 6.07 Å². The molecule has 1 unspecified atom stereocenters. The minimum Gasteiger partial charge on any atom is -0.458 e. The van der Waals surface area contributed by atoms with E-state index in [9.17, 15) is 24.2 Å². The molecule has 1 aromatic carbocycles. The fourth-order valence-electron chi connectivity index (χ4n) is 6.07. The monoisotopic (exact) mass is 493 g/mol. The van der Waals surface area contributed by atoms with Crippen LogP contribution in [-0.4, -0.2) is 38.4 Å². The quantitative estimate of drug-likeness (QED) is 0.374. The van der Waals surface area contributed by atoms with E-state index in [2.05, 4.69) is 5.32 Å². The number of halogens is 1. The Morgan fingerprint density at radius 2 is 2.08 bits per heavy atom. The molecular formula is C27H28FN3O5. The second-order valence-electron chi connectivity index (χ2n) is 10.2. The van der Waals surface area contributed by atoms with Crippen LogP contribution in [0.3, 0.4) is 0 Å². The molecule has 0 bridgehead atoms. The molecule has 36 heavy (non-hydrogen) atoms. The Morgan fingerprint density at radius 3 is 2.81 bits per heavy atom. The van der Waals surface area contributed by atoms with Crippen molar-refractivity contribution in [1.29, 1.82) is 0 Å². The Bertz CT molecular complexity index is 1530. The highest BCUT2D eigenvalue weighted by Gasteiger charge is 2.45. The molecular weight excluding hydrogens is 465 g/mol. The summed E-state index contributed by atoms with van der Waals surface area (Å²) >= 11 is 0. The maximum Gasteiger partial charge on any atom is 0.343 e. The van der Waals surface area contributed by atoms with Gasteiger partial charge >= 0.3 is 5.97 Å². The predicted molar refractivity (Wildman–Crippen MR) is 130 cm³/mol. The molecule has 9 heteroatoms. The van der Waals surface area contributed by atoms with Crippen molar-refractivity contribution in [1.82, 2.24) is 14.9 Å². The molecule has 0 radical (unpaired) electrons. The van der Waals surface area contributed by atoms with Crippen LogP contribution in [0.4, 0.5) is 4.39 Å². The fourth-order valence-corrected chi connectivity index (χ4v) is 6.07. The van der Waals surface area contributed by atoms with E-state index >= 15 is 0 Å². The normalized spacial score (nSPS) is 22.7. The first-order valence-electron chi connectivity index (χ1n) is 12.4. The summed E-state index contributed by atoms with van der Waals surface area (Å²) in [5.74, 6) is -1.10. The van der Waals surface area contributed by atoms with Crippen molar-refractivity contribution < 1.29 is 24.1 Å². The van der Waals surface area contributed by atoms with Crippen LogP contribution in [0.5, 0.6) is 0 Å². The lowest BCUT2D eigenvalue weighted by Gasteiger charge is -2.31. The van der Waals surface area contributed by atoms with E-state index in [0.29, 0.717) is 35.4 Å². The summed E-state index contributed by atoms with van der Waals surface area (Å²) in [4.78, 5) is 30.9. The van der Waals surface area contributed by atoms with Crippen LogP contribution in [-0.2, 0) is 34.7 Å². The van der Waals surface area contributed by atoms with Gasteiger partial charge in [0.2, 0.25) is 0 Å². The molecule has 0 saturated carbocycles. The van der Waals surface area contributed by atoms with E-state index in [4.69, 9.17) is 9.72 Å². The molecule has 3 N–H and O–H groups in total. The first-order chi connectivity index (χ1) is 17.2. The Hall–Kier alpha value is -3.14. The average molecular weight is 494 g/mol. The van der Waals surface area contributed by atoms with Gasteiger partial charge in [0, 0.05) is 35.2 Å². The average Bonchev–Trinajstić information content (AvgIpc) is 3.22. The number of aliphatic hydroxyl groups excluding tert-OH is 1. The number of nitrogens with one attached hydrogen (secondary N) is 1. The number of cyclic esters (lactones) is 1. The molecule has 6 rings (SSSR count). The van der Waals surface area contributed by atoms with Crippen molar-refractivity contribution in [2.45, 2.75) is 70.9 Å². The van der Waals surface area contributed by atoms with Crippen molar-refractivity contribution in [3.05, 3.63) is 61.7 Å². The number of hydrogen-bond acceptors (Lipinski definition) is 7. The van der Waals surface area contributed by atoms with E-state index in [1.54, 1.807) is 31.4 Å². The third kappa shape index (κ3) is 3.06. The number of aromatic nitrogens is 2. The van der Waals surface area contributed by atoms with Gasteiger partial charge in [-0.3, -0.25) is 4.79 Å². The smallest absolute Gasteiger partial charge is 0.343 e. The van der Waals surface area contributed by atoms with Crippen LogP contribution >= 0.6 is 0 Å². The number of ether oxygens (including phenoxy) is 1. The molecule has 0 amide bonds. The lowest BCUT2D eigenvalue weighted by atomic mass is 9.81. The molecule has 2 aromatic heterocycles. The van der Waals surface area contributed by atoms with Crippen molar-refractivity contribution >= 4 is 16.9 Å². The standard InChI is InChI=1S/C27H28FN3O5/c1-4-27(35)17-7-21-24-15(10-31(21)25(33)16(17)11-36-26(27)34)23-19(29-9-12(2)32)6-5-14-13(3)18(28)8-20(30-24)22(14)23/h7-8,12,19,29,32,35H,4-6,9-11H2,1-3H3/t12?,19-,27-/m0/s1. The van der Waals surface area contributed by atoms with Crippen LogP contribution < -0.4 is 10.9 Å². The van der Waals surface area contributed by atoms with E-state index in [-0.39, 0.29) is 48.1 Å². The lowest BCUT2D eigenvalue weighted by molar-refractivity contribution is -0.172. The third-order valence-corrected chi connectivity index (χ3v) is 8.04. The van der Waals surface area contributed by atoms with E-state index in [0.717, 1.165) is 28.5 Å². The Morgan fingerprint density at radius 1 is 1.31 bits per heavy atom. The Balaban J connectivity index is 1.64. The first kappa shape index (κ1) is 23.3. The van der Waals surface area contributed by atoms with Gasteiger partial charge in [0.05, 0.1) is 35.1 Å². The zero-order valence-electron chi connectivity index (χ0n) is 20.4. The maximum absolute atomic E-state index is 14.9. The summed E-state index contributed by atoms with van der Waals surface area (Å²) in [5, 5.41) is 25.4. The van der Waals surface area contributed by atoms with Crippen molar-refractivity contribution in [2.75, 3.05) is 6.54 Å². The van der Waals surface area contributed by atoms with Gasteiger partial charge in [-0.25, -0.2) is 14.2 Å². The van der Waals surface area contributed by atoms with Crippen LogP contribution in [0.1, 0.15) is 66.1 Å². The molecule has 0 spiro atoms. The summed E-state index contributed by atoms with van der Waals surface area (Å²) < 4.78 is 21.7. The summed E-state index contributed by atoms with van der Waals surface area (Å²) in [5.41, 5.74) is 3.19. The minimum absolute atomic E-state index is 0.0597. The summed E-state index contributed by atoms with van der Waals surface area (Å²) in [6.07, 6.45) is 0.914. The summed E-state index contributed by atoms with van der Waals surface area (Å²) in [6, 6.07) is 3.01. The number of fused-ring (bicyclic) bond motifs is 5. The van der Waals surface area contributed by atoms with Gasteiger partial charge in [-0.2, -0.15) is 0 Å². The molecule has 0 fully saturated rings. The number of aryl methyl sites for hydroxylation is 1. The number of benzene rings is 1. The molecule has 1 aliphatic carbocycles. The Kier molecular flexibility index (Phi) is 5.13. The lowest BCUT2D eigenvalue weighted by Crippen LogP contribution is -2.44. The van der Waals surface area contributed by atoms with Gasteiger partial charge in [-0.1, -0.05) is 6.92 Å². The molecule has 3 atom stereocenters. The highest BCUT2D eigenvalue weighted by Crippen LogP contribution is 2.45. The number of rotatable bonds is 4. The molecule has 4 heterocycles. The number of pyridine rings is 2. The van der Waals surface area contributed by atoms with Gasteiger partial charge in [0.25, 0.3) is 5.56 Å². The van der Waals surface area contributed by atoms with Gasteiger partial charge in [-0.15, -0.1) is 0 Å². The number of nitrogens with zero attached hydrogens (tertiary/aromatic N) is 2. The number of carbonyl (C=O) groups excluding carboxylic acids is 1. The van der Waals surface area contributed by atoms with Crippen LogP contribution in [0.25, 0.3) is 22.3 Å². The van der Waals surface area contributed by atoms with Gasteiger partial charge < -0.3 is 24.8 Å². The number of aliphatic hydroxyl groups is 2. The maximum atomic E-state index is 14.9. The highest BCUT2D eigenvalue weighted by atomic mass is 19.1. The SMILES string of the molecule is CC[C@@]1(O)C(=O)OCc2c1cc1n(c2=O)Cc2c-1nc1cc(F)c(C)c3c1c2[C@@H](NCC(C)O)CC3. The van der Waals surface area contributed by atoms with Crippen LogP contribution in [0.15, 0.2) is 16.9 Å². The fraction of sp³-hybridized carbons (Fsp3) is 0.444. The topological polar surface area (TPSA) is 114 Å². The van der Waals surface area contributed by atoms with Crippen molar-refractivity contribution in [2.24, 2.45) is 0 Å². The summed E-state index contributed by atoms with van der Waals surface area (Å²) in [6.45, 7) is 5.63. The largest absolute Gasteiger partial charge is 0.458 e. The van der Waals surface area contributed by atoms with E-state index < -0.39 is 17.7 Å². The molecule has 8 nitrogen and oxygen atoms in total. The predicted octanol–water partition coefficient (Wildman–Crippen LogP) is 2.48. The Labute approximate surface area is 206 Å². The van der Waals surface area contributed by atoms with E-state index in [1.807, 2.05) is 0 Å². The molecule has 3 aliphatic rings. The number of hydrogen-bond donors (Lipinski definition) is 3. The summed E-state index contributed by atoms with van der Waals surface area (Å²) in [7, 11) is 0. The zero-order chi connectivity index (χ0) is 25.5. The van der Waals surface area contributed by atoms with Crippen LogP contribution in [0.2, 0.25) is 0 Å². The number of carbonyl (C=O) groups is 1. The molecule has 3 aromatic rings. The second-order valence-corrected chi connectivity index (χ2v) is 10.2. The number of esters is 1. The molecule has 0 saturated heterocycles. The molecule has 2 aliphatic heterocycles. The van der Waals surface area contributed by atoms with Gasteiger partial charge in [0.15, 0.2) is 5.60 Å². The van der Waals surface area contributed by atoms with Crippen LogP contribution in [0, 0.1) is 12.7 Å². The minimum atomic E-state index is -1.91. The second kappa shape index (κ2) is 7.93. The van der Waals surface area contributed by atoms with Gasteiger partial charge in [0.1, 0.15) is 12.4 Å². The van der Waals surface area contributed by atoms with Crippen molar-refractivity contribution in [3.8, 4) is 11.4 Å². The molecule has 188 valence electrons. The third-order valence-electron chi connectivity index (χ3n) is 8.04. The highest BCUT2D eigenvalue weighted by molar-refractivity contribution is 5.93.